The summed E-state index contributed by atoms with van der Waals surface area (Å²) in [4.78, 5) is 0.126. The molecule has 3 N–H and O–H groups in total. The van der Waals surface area contributed by atoms with Crippen molar-refractivity contribution in [1.82, 2.24) is 4.31 Å². The molecule has 0 fully saturated rings. The molecule has 0 atom stereocenters. The Balaban J connectivity index is 3.33. The normalized spacial score (nSPS) is 12.1. The van der Waals surface area contributed by atoms with Gasteiger partial charge < -0.3 is 5.73 Å². The number of benzene rings is 1. The Morgan fingerprint density at radius 1 is 1.33 bits per heavy atom. The number of sulfonamides is 1. The van der Waals surface area contributed by atoms with E-state index in [2.05, 4.69) is 0 Å². The summed E-state index contributed by atoms with van der Waals surface area (Å²) in [5.41, 5.74) is 6.07. The smallest absolute Gasteiger partial charge is 0.243 e. The lowest BCUT2D eigenvalue weighted by molar-refractivity contribution is 0.361. The van der Waals surface area contributed by atoms with Gasteiger partial charge in [-0.05, 0) is 51.0 Å². The topological polar surface area (TPSA) is 87.2 Å². The van der Waals surface area contributed by atoms with E-state index < -0.39 is 15.8 Å². The molecule has 0 spiro atoms. The maximum atomic E-state index is 13.4. The number of nitrogens with two attached hydrogens (primary N) is 1. The Hall–Kier alpha value is -1.47. The van der Waals surface area contributed by atoms with Gasteiger partial charge in [-0.25, -0.2) is 12.8 Å². The molecule has 0 saturated heterocycles. The molecule has 0 radical (unpaired) electrons. The maximum Gasteiger partial charge on any atom is 0.243 e. The van der Waals surface area contributed by atoms with Crippen molar-refractivity contribution in [2.75, 3.05) is 6.54 Å². The minimum absolute atomic E-state index is 0.0663. The first kappa shape index (κ1) is 17.6. The molecule has 0 bridgehead atoms. The maximum absolute atomic E-state index is 13.4. The van der Waals surface area contributed by atoms with Gasteiger partial charge in [-0.15, -0.1) is 0 Å². The van der Waals surface area contributed by atoms with Crippen molar-refractivity contribution in [1.29, 1.82) is 5.41 Å². The second-order valence-electron chi connectivity index (χ2n) is 5.35. The van der Waals surface area contributed by atoms with Crippen molar-refractivity contribution in [3.8, 4) is 0 Å². The first-order valence-electron chi connectivity index (χ1n) is 6.69. The summed E-state index contributed by atoms with van der Waals surface area (Å²) in [6.45, 7) is 6.79. The molecule has 0 aliphatic heterocycles. The molecule has 0 aromatic heterocycles. The van der Waals surface area contributed by atoms with E-state index in [9.17, 15) is 12.8 Å². The van der Waals surface area contributed by atoms with Gasteiger partial charge in [-0.1, -0.05) is 0 Å². The summed E-state index contributed by atoms with van der Waals surface area (Å²) in [6, 6.07) is 2.14. The van der Waals surface area contributed by atoms with E-state index in [1.165, 1.54) is 16.4 Å². The second-order valence-corrected chi connectivity index (χ2v) is 7.18. The summed E-state index contributed by atoms with van der Waals surface area (Å²) in [5.74, 6) is -0.521. The Kier molecular flexibility index (Phi) is 5.47. The lowest BCUT2D eigenvalue weighted by Gasteiger charge is -2.27. The minimum atomic E-state index is -3.76. The predicted molar refractivity (Wildman–Crippen MR) is 81.4 cm³/mol. The van der Waals surface area contributed by atoms with Crippen LogP contribution in [0.25, 0.3) is 0 Å². The number of nitrogens with one attached hydrogen (secondary N) is 1. The largest absolute Gasteiger partial charge is 0.388 e. The summed E-state index contributed by atoms with van der Waals surface area (Å²) in [5, 5.41) is 7.26. The highest BCUT2D eigenvalue weighted by Crippen LogP contribution is 2.26. The summed E-state index contributed by atoms with van der Waals surface area (Å²) >= 11 is 0. The van der Waals surface area contributed by atoms with Crippen molar-refractivity contribution in [3.63, 3.8) is 0 Å². The molecule has 1 aromatic rings. The van der Waals surface area contributed by atoms with Gasteiger partial charge in [-0.3, -0.25) is 5.41 Å². The third kappa shape index (κ3) is 4.01. The molecule has 0 unspecified atom stereocenters. The van der Waals surface area contributed by atoms with Gasteiger partial charge in [0.25, 0.3) is 0 Å². The van der Waals surface area contributed by atoms with E-state index in [1.807, 2.05) is 0 Å². The average Bonchev–Trinajstić information content (AvgIpc) is 2.25. The van der Waals surface area contributed by atoms with Crippen molar-refractivity contribution in [2.45, 2.75) is 45.1 Å². The number of hydrogen-bond donors (Lipinski definition) is 2. The third-order valence-electron chi connectivity index (χ3n) is 3.17. The second kappa shape index (κ2) is 6.53. The number of aryl methyl sites for hydroxylation is 2. The molecule has 0 aliphatic carbocycles. The molecule has 7 heteroatoms. The summed E-state index contributed by atoms with van der Waals surface area (Å²) in [6.07, 6.45) is 0.163. The van der Waals surface area contributed by atoms with Crippen LogP contribution in [0.5, 0.6) is 0 Å². The molecule has 0 saturated carbocycles. The van der Waals surface area contributed by atoms with Crippen molar-refractivity contribution >= 4 is 15.9 Å². The van der Waals surface area contributed by atoms with Crippen LogP contribution in [0.1, 0.15) is 31.4 Å². The van der Waals surface area contributed by atoms with Crippen molar-refractivity contribution in [2.24, 2.45) is 5.73 Å². The van der Waals surface area contributed by atoms with E-state index in [-0.39, 0.29) is 29.7 Å². The summed E-state index contributed by atoms with van der Waals surface area (Å²) in [7, 11) is -3.76. The van der Waals surface area contributed by atoms with Gasteiger partial charge in [-0.2, -0.15) is 4.31 Å². The van der Waals surface area contributed by atoms with Gasteiger partial charge in [0.1, 0.15) is 5.82 Å². The van der Waals surface area contributed by atoms with E-state index >= 15 is 0 Å². The fraction of sp³-hybridized carbons (Fsp3) is 0.500. The monoisotopic (exact) mass is 315 g/mol. The van der Waals surface area contributed by atoms with Gasteiger partial charge in [0.2, 0.25) is 10.0 Å². The molecule has 1 aromatic carbocycles. The molecule has 0 heterocycles. The van der Waals surface area contributed by atoms with Crippen LogP contribution >= 0.6 is 0 Å². The quantitative estimate of drug-likeness (QED) is 0.623. The number of amidine groups is 1. The molecule has 118 valence electrons. The number of halogens is 1. The highest BCUT2D eigenvalue weighted by Gasteiger charge is 2.30. The van der Waals surface area contributed by atoms with E-state index in [1.54, 1.807) is 27.7 Å². The van der Waals surface area contributed by atoms with E-state index in [4.69, 9.17) is 11.1 Å². The van der Waals surface area contributed by atoms with Crippen molar-refractivity contribution < 1.29 is 12.8 Å². The molecular weight excluding hydrogens is 293 g/mol. The molecule has 0 aliphatic rings. The lowest BCUT2D eigenvalue weighted by Crippen LogP contribution is -2.39. The van der Waals surface area contributed by atoms with Crippen LogP contribution in [0.15, 0.2) is 17.0 Å². The van der Waals surface area contributed by atoms with Crippen LogP contribution in [0.3, 0.4) is 0 Å². The van der Waals surface area contributed by atoms with E-state index in [0.717, 1.165) is 0 Å². The molecule has 1 rings (SSSR count). The molecule has 21 heavy (non-hydrogen) atoms. The van der Waals surface area contributed by atoms with Gasteiger partial charge in [0.05, 0.1) is 10.7 Å². The Bertz CT molecular complexity index is 619. The number of nitrogens with zero attached hydrogens (tertiary/aromatic N) is 1. The Morgan fingerprint density at radius 2 is 1.81 bits per heavy atom. The van der Waals surface area contributed by atoms with Crippen LogP contribution < -0.4 is 5.73 Å². The van der Waals surface area contributed by atoms with Gasteiger partial charge in [0, 0.05) is 19.0 Å². The zero-order valence-electron chi connectivity index (χ0n) is 12.8. The predicted octanol–water partition coefficient (Wildman–Crippen LogP) is 2.17. The SMILES string of the molecule is Cc1cc(F)cc(C)c1S(=O)(=O)N(CCC(=N)N)C(C)C. The third-order valence-corrected chi connectivity index (χ3v) is 5.55. The van der Waals surface area contributed by atoms with Crippen LogP contribution in [-0.4, -0.2) is 31.1 Å². The lowest BCUT2D eigenvalue weighted by atomic mass is 10.1. The number of hydrogen-bond acceptors (Lipinski definition) is 3. The fourth-order valence-electron chi connectivity index (χ4n) is 2.31. The summed E-state index contributed by atoms with van der Waals surface area (Å²) < 4.78 is 40.3. The standard InChI is InChI=1S/C14H22FN3O2S/c1-9(2)18(6-5-13(16)17)21(19,20)14-10(3)7-12(15)8-11(14)4/h7-9H,5-6H2,1-4H3,(H3,16,17). The first-order valence-corrected chi connectivity index (χ1v) is 8.13. The van der Waals surface area contributed by atoms with E-state index in [0.29, 0.717) is 11.1 Å². The van der Waals surface area contributed by atoms with Crippen LogP contribution in [0.4, 0.5) is 4.39 Å². The Morgan fingerprint density at radius 3 is 2.19 bits per heavy atom. The Labute approximate surface area is 125 Å². The van der Waals surface area contributed by atoms with Crippen LogP contribution in [-0.2, 0) is 10.0 Å². The first-order chi connectivity index (χ1) is 9.57. The zero-order chi connectivity index (χ0) is 16.4. The highest BCUT2D eigenvalue weighted by molar-refractivity contribution is 7.89. The zero-order valence-corrected chi connectivity index (χ0v) is 13.6. The van der Waals surface area contributed by atoms with Gasteiger partial charge >= 0.3 is 0 Å². The highest BCUT2D eigenvalue weighted by atomic mass is 32.2. The van der Waals surface area contributed by atoms with Crippen LogP contribution in [0, 0.1) is 25.1 Å². The van der Waals surface area contributed by atoms with Crippen molar-refractivity contribution in [3.05, 3.63) is 29.1 Å². The fourth-order valence-corrected chi connectivity index (χ4v) is 4.36. The number of rotatable bonds is 6. The van der Waals surface area contributed by atoms with Crippen LogP contribution in [0.2, 0.25) is 0 Å². The average molecular weight is 315 g/mol. The molecule has 0 amide bonds. The minimum Gasteiger partial charge on any atom is -0.388 e. The molecule has 5 nitrogen and oxygen atoms in total. The van der Waals surface area contributed by atoms with Gasteiger partial charge in [0.15, 0.2) is 0 Å². The molecular formula is C14H22FN3O2S.